The average molecular weight is 456 g/mol. The smallest absolute Gasteiger partial charge is 0.333 e. The minimum atomic E-state index is -0.125. The molecule has 7 nitrogen and oxygen atoms in total. The normalized spacial score (nSPS) is 11.5. The Kier molecular flexibility index (Phi) is 5.14. The maximum atomic E-state index is 13.2. The molecule has 3 aromatic heterocycles. The molecule has 0 unspecified atom stereocenters. The number of rotatable bonds is 5. The van der Waals surface area contributed by atoms with Crippen LogP contribution in [0.3, 0.4) is 0 Å². The Morgan fingerprint density at radius 3 is 2.76 bits per heavy atom. The second-order valence-electron chi connectivity index (χ2n) is 7.02. The molecular formula is C21H22BrN5O2. The molecule has 1 aromatic carbocycles. The van der Waals surface area contributed by atoms with Crippen LogP contribution in [0.2, 0.25) is 0 Å². The first-order valence-electron chi connectivity index (χ1n) is 9.26. The van der Waals surface area contributed by atoms with E-state index in [1.807, 2.05) is 49.2 Å². The number of nitrogens with zero attached hydrogens (tertiary/aromatic N) is 5. The van der Waals surface area contributed by atoms with Crippen LogP contribution in [0, 0.1) is 6.92 Å². The van der Waals surface area contributed by atoms with Crippen LogP contribution < -0.4 is 10.6 Å². The standard InChI is InChI=1S/C21H22BrN5O2/c1-13-17(7-8-19(24-13)25(2)9-10-29-4)27-20-15-11-14(22)5-6-16(15)23-12-18(20)26(3)21(27)28/h5-8,11-12H,9-10H2,1-4H3. The Labute approximate surface area is 176 Å². The molecule has 4 rings (SSSR count). The summed E-state index contributed by atoms with van der Waals surface area (Å²) in [5, 5.41) is 0.912. The number of methoxy groups -OCH3 is 1. The summed E-state index contributed by atoms with van der Waals surface area (Å²) in [5.41, 5.74) is 3.86. The van der Waals surface area contributed by atoms with Gasteiger partial charge in [-0.05, 0) is 37.3 Å². The van der Waals surface area contributed by atoms with E-state index in [4.69, 9.17) is 9.72 Å². The van der Waals surface area contributed by atoms with E-state index in [0.717, 1.165) is 50.2 Å². The van der Waals surface area contributed by atoms with Crippen molar-refractivity contribution in [2.24, 2.45) is 7.05 Å². The lowest BCUT2D eigenvalue weighted by Crippen LogP contribution is -2.24. The number of hydrogen-bond donors (Lipinski definition) is 0. The van der Waals surface area contributed by atoms with Gasteiger partial charge in [-0.1, -0.05) is 15.9 Å². The molecule has 8 heteroatoms. The van der Waals surface area contributed by atoms with Gasteiger partial charge in [0.2, 0.25) is 0 Å². The Morgan fingerprint density at radius 2 is 2.03 bits per heavy atom. The molecule has 0 atom stereocenters. The minimum absolute atomic E-state index is 0.125. The van der Waals surface area contributed by atoms with E-state index in [9.17, 15) is 4.79 Å². The average Bonchev–Trinajstić information content (AvgIpc) is 2.97. The molecule has 0 spiro atoms. The van der Waals surface area contributed by atoms with E-state index in [2.05, 4.69) is 20.9 Å². The zero-order valence-corrected chi connectivity index (χ0v) is 18.4. The number of likely N-dealkylation sites (N-methyl/N-ethyl adjacent to an activating group) is 1. The molecule has 0 saturated heterocycles. The monoisotopic (exact) mass is 455 g/mol. The molecule has 4 aromatic rings. The summed E-state index contributed by atoms with van der Waals surface area (Å²) < 4.78 is 9.44. The number of hydrogen-bond acceptors (Lipinski definition) is 5. The Balaban J connectivity index is 1.95. The summed E-state index contributed by atoms with van der Waals surface area (Å²) in [6.45, 7) is 3.28. The number of fused-ring (bicyclic) bond motifs is 3. The molecule has 0 bridgehead atoms. The summed E-state index contributed by atoms with van der Waals surface area (Å²) in [5.74, 6) is 0.839. The predicted molar refractivity (Wildman–Crippen MR) is 119 cm³/mol. The molecule has 150 valence electrons. The zero-order valence-electron chi connectivity index (χ0n) is 16.8. The van der Waals surface area contributed by atoms with Crippen molar-refractivity contribution >= 4 is 43.7 Å². The van der Waals surface area contributed by atoms with Gasteiger partial charge >= 0.3 is 5.69 Å². The van der Waals surface area contributed by atoms with E-state index in [1.54, 1.807) is 29.5 Å². The maximum Gasteiger partial charge on any atom is 0.333 e. The van der Waals surface area contributed by atoms with Crippen molar-refractivity contribution in [3.05, 3.63) is 57.2 Å². The molecule has 0 saturated carbocycles. The van der Waals surface area contributed by atoms with Crippen molar-refractivity contribution in [1.82, 2.24) is 19.1 Å². The van der Waals surface area contributed by atoms with E-state index in [0.29, 0.717) is 6.61 Å². The molecular weight excluding hydrogens is 434 g/mol. The van der Waals surface area contributed by atoms with Gasteiger partial charge in [0.15, 0.2) is 0 Å². The van der Waals surface area contributed by atoms with E-state index >= 15 is 0 Å². The SMILES string of the molecule is COCCN(C)c1ccc(-n2c(=O)n(C)c3cnc4ccc(Br)cc4c32)c(C)n1. The number of aromatic nitrogens is 4. The quantitative estimate of drug-likeness (QED) is 0.461. The van der Waals surface area contributed by atoms with Crippen molar-refractivity contribution in [1.29, 1.82) is 0 Å². The second kappa shape index (κ2) is 7.61. The summed E-state index contributed by atoms with van der Waals surface area (Å²) in [4.78, 5) is 24.4. The minimum Gasteiger partial charge on any atom is -0.383 e. The lowest BCUT2D eigenvalue weighted by molar-refractivity contribution is 0.206. The van der Waals surface area contributed by atoms with Gasteiger partial charge in [-0.2, -0.15) is 0 Å². The van der Waals surface area contributed by atoms with Crippen LogP contribution in [0.1, 0.15) is 5.69 Å². The number of pyridine rings is 2. The van der Waals surface area contributed by atoms with Crippen LogP contribution in [-0.4, -0.2) is 46.4 Å². The third-order valence-electron chi connectivity index (χ3n) is 5.15. The van der Waals surface area contributed by atoms with Crippen LogP contribution in [0.5, 0.6) is 0 Å². The number of aryl methyl sites for hydroxylation is 2. The largest absolute Gasteiger partial charge is 0.383 e. The van der Waals surface area contributed by atoms with Crippen molar-refractivity contribution in [2.75, 3.05) is 32.2 Å². The van der Waals surface area contributed by atoms with Gasteiger partial charge in [0.1, 0.15) is 5.82 Å². The topological polar surface area (TPSA) is 65.2 Å². The van der Waals surface area contributed by atoms with Crippen molar-refractivity contribution in [3.63, 3.8) is 0 Å². The molecule has 29 heavy (non-hydrogen) atoms. The highest BCUT2D eigenvalue weighted by molar-refractivity contribution is 9.10. The van der Waals surface area contributed by atoms with Gasteiger partial charge in [-0.25, -0.2) is 9.78 Å². The summed E-state index contributed by atoms with van der Waals surface area (Å²) in [6, 6.07) is 9.77. The van der Waals surface area contributed by atoms with Gasteiger partial charge in [0.05, 0.1) is 40.7 Å². The summed E-state index contributed by atoms with van der Waals surface area (Å²) in [6.07, 6.45) is 1.75. The number of ether oxygens (including phenoxy) is 1. The van der Waals surface area contributed by atoms with Crippen LogP contribution in [0.15, 0.2) is 45.8 Å². The first-order chi connectivity index (χ1) is 13.9. The highest BCUT2D eigenvalue weighted by atomic mass is 79.9. The van der Waals surface area contributed by atoms with Gasteiger partial charge in [-0.3, -0.25) is 14.1 Å². The lowest BCUT2D eigenvalue weighted by Gasteiger charge is -2.19. The highest BCUT2D eigenvalue weighted by Crippen LogP contribution is 2.28. The Bertz CT molecular complexity index is 1280. The fourth-order valence-electron chi connectivity index (χ4n) is 3.53. The highest BCUT2D eigenvalue weighted by Gasteiger charge is 2.18. The molecule has 0 radical (unpaired) electrons. The first-order valence-corrected chi connectivity index (χ1v) is 10.1. The van der Waals surface area contributed by atoms with E-state index in [1.165, 1.54) is 0 Å². The number of imidazole rings is 1. The van der Waals surface area contributed by atoms with Crippen molar-refractivity contribution < 1.29 is 4.74 Å². The van der Waals surface area contributed by atoms with Gasteiger partial charge in [-0.15, -0.1) is 0 Å². The third kappa shape index (κ3) is 3.32. The fraction of sp³-hybridized carbons (Fsp3) is 0.286. The predicted octanol–water partition coefficient (Wildman–Crippen LogP) is 3.43. The van der Waals surface area contributed by atoms with Gasteiger partial charge < -0.3 is 9.64 Å². The van der Waals surface area contributed by atoms with Crippen LogP contribution in [-0.2, 0) is 11.8 Å². The van der Waals surface area contributed by atoms with Gasteiger partial charge in [0, 0.05) is 37.6 Å². The fourth-order valence-corrected chi connectivity index (χ4v) is 3.89. The van der Waals surface area contributed by atoms with E-state index < -0.39 is 0 Å². The number of halogens is 1. The summed E-state index contributed by atoms with van der Waals surface area (Å²) in [7, 11) is 5.42. The van der Waals surface area contributed by atoms with Crippen molar-refractivity contribution in [3.8, 4) is 5.69 Å². The molecule has 0 aliphatic carbocycles. The third-order valence-corrected chi connectivity index (χ3v) is 5.64. The second-order valence-corrected chi connectivity index (χ2v) is 7.93. The molecule has 0 amide bonds. The molecule has 0 aliphatic heterocycles. The zero-order chi connectivity index (χ0) is 20.7. The van der Waals surface area contributed by atoms with E-state index in [-0.39, 0.29) is 5.69 Å². The van der Waals surface area contributed by atoms with Crippen LogP contribution in [0.25, 0.3) is 27.6 Å². The number of benzene rings is 1. The Morgan fingerprint density at radius 1 is 1.24 bits per heavy atom. The van der Waals surface area contributed by atoms with Crippen LogP contribution >= 0.6 is 15.9 Å². The Hall–Kier alpha value is -2.71. The molecule has 3 heterocycles. The maximum absolute atomic E-state index is 13.2. The first kappa shape index (κ1) is 19.6. The molecule has 0 N–H and O–H groups in total. The lowest BCUT2D eigenvalue weighted by atomic mass is 10.2. The van der Waals surface area contributed by atoms with Crippen LogP contribution in [0.4, 0.5) is 5.82 Å². The molecule has 0 aliphatic rings. The summed E-state index contributed by atoms with van der Waals surface area (Å²) >= 11 is 3.53. The van der Waals surface area contributed by atoms with Crippen molar-refractivity contribution in [2.45, 2.75) is 6.92 Å². The number of anilines is 1. The van der Waals surface area contributed by atoms with Gasteiger partial charge in [0.25, 0.3) is 0 Å². The molecule has 0 fully saturated rings.